The SMILES string of the molecule is CN(C(=O)c1cnc(-c2ncccn2)s1)c1ccc([N+](=O)[O-])cc1. The summed E-state index contributed by atoms with van der Waals surface area (Å²) in [6.45, 7) is 0. The number of nitrogens with zero attached hydrogens (tertiary/aromatic N) is 5. The van der Waals surface area contributed by atoms with Gasteiger partial charge in [0.2, 0.25) is 0 Å². The predicted octanol–water partition coefficient (Wildman–Crippen LogP) is 2.78. The maximum atomic E-state index is 12.5. The molecular formula is C15H11N5O3S. The molecule has 0 radical (unpaired) electrons. The molecule has 8 nitrogen and oxygen atoms in total. The highest BCUT2D eigenvalue weighted by Gasteiger charge is 2.18. The number of benzene rings is 1. The van der Waals surface area contributed by atoms with Gasteiger partial charge in [0.25, 0.3) is 11.6 Å². The van der Waals surface area contributed by atoms with Crippen molar-refractivity contribution < 1.29 is 9.72 Å². The molecule has 120 valence electrons. The third-order valence-electron chi connectivity index (χ3n) is 3.23. The summed E-state index contributed by atoms with van der Waals surface area (Å²) < 4.78 is 0. The van der Waals surface area contributed by atoms with Gasteiger partial charge in [-0.25, -0.2) is 15.0 Å². The zero-order valence-electron chi connectivity index (χ0n) is 12.5. The zero-order chi connectivity index (χ0) is 17.1. The number of aromatic nitrogens is 3. The van der Waals surface area contributed by atoms with E-state index >= 15 is 0 Å². The first kappa shape index (κ1) is 15.7. The van der Waals surface area contributed by atoms with Gasteiger partial charge in [-0.1, -0.05) is 0 Å². The highest BCUT2D eigenvalue weighted by Crippen LogP contribution is 2.25. The van der Waals surface area contributed by atoms with Gasteiger partial charge in [-0.3, -0.25) is 14.9 Å². The molecule has 1 aromatic carbocycles. The fourth-order valence-electron chi connectivity index (χ4n) is 1.97. The first-order valence-corrected chi connectivity index (χ1v) is 7.63. The second kappa shape index (κ2) is 6.50. The molecule has 0 saturated carbocycles. The lowest BCUT2D eigenvalue weighted by Gasteiger charge is -2.15. The summed E-state index contributed by atoms with van der Waals surface area (Å²) in [6, 6.07) is 7.46. The molecule has 9 heteroatoms. The highest BCUT2D eigenvalue weighted by molar-refractivity contribution is 7.16. The zero-order valence-corrected chi connectivity index (χ0v) is 13.3. The average Bonchev–Trinajstić information content (AvgIpc) is 3.11. The summed E-state index contributed by atoms with van der Waals surface area (Å²) >= 11 is 1.19. The normalized spacial score (nSPS) is 10.4. The van der Waals surface area contributed by atoms with Crippen molar-refractivity contribution in [3.05, 3.63) is 63.9 Å². The molecule has 2 aromatic heterocycles. The van der Waals surface area contributed by atoms with Gasteiger partial charge in [-0.05, 0) is 18.2 Å². The Morgan fingerprint density at radius 2 is 1.83 bits per heavy atom. The van der Waals surface area contributed by atoms with Gasteiger partial charge in [-0.2, -0.15) is 0 Å². The van der Waals surface area contributed by atoms with Crippen LogP contribution in [0.2, 0.25) is 0 Å². The Balaban J connectivity index is 1.81. The Hall–Kier alpha value is -3.20. The smallest absolute Gasteiger partial charge is 0.269 e. The van der Waals surface area contributed by atoms with Crippen LogP contribution in [0.15, 0.2) is 48.9 Å². The van der Waals surface area contributed by atoms with Crippen LogP contribution in [-0.4, -0.2) is 32.8 Å². The number of carbonyl (C=O) groups excluding carboxylic acids is 1. The van der Waals surface area contributed by atoms with Crippen LogP contribution < -0.4 is 4.90 Å². The van der Waals surface area contributed by atoms with E-state index in [0.29, 0.717) is 21.4 Å². The van der Waals surface area contributed by atoms with E-state index in [2.05, 4.69) is 15.0 Å². The van der Waals surface area contributed by atoms with Crippen molar-refractivity contribution in [2.45, 2.75) is 0 Å². The van der Waals surface area contributed by atoms with Crippen LogP contribution in [0, 0.1) is 10.1 Å². The third kappa shape index (κ3) is 3.10. The van der Waals surface area contributed by atoms with Gasteiger partial charge in [0.15, 0.2) is 10.8 Å². The summed E-state index contributed by atoms with van der Waals surface area (Å²) in [5, 5.41) is 11.2. The molecule has 2 heterocycles. The number of nitro groups is 1. The second-order valence-electron chi connectivity index (χ2n) is 4.74. The van der Waals surface area contributed by atoms with Crippen molar-refractivity contribution >= 4 is 28.6 Å². The van der Waals surface area contributed by atoms with Crippen LogP contribution in [0.1, 0.15) is 9.67 Å². The Labute approximate surface area is 140 Å². The Bertz CT molecular complexity index is 880. The number of hydrogen-bond donors (Lipinski definition) is 0. The predicted molar refractivity (Wildman–Crippen MR) is 89.0 cm³/mol. The van der Waals surface area contributed by atoms with Crippen LogP contribution in [0.5, 0.6) is 0 Å². The fraction of sp³-hybridized carbons (Fsp3) is 0.0667. The Kier molecular flexibility index (Phi) is 4.25. The fourth-order valence-corrected chi connectivity index (χ4v) is 2.81. The number of anilines is 1. The van der Waals surface area contributed by atoms with E-state index in [9.17, 15) is 14.9 Å². The molecule has 24 heavy (non-hydrogen) atoms. The van der Waals surface area contributed by atoms with Crippen LogP contribution in [0.3, 0.4) is 0 Å². The van der Waals surface area contributed by atoms with E-state index in [0.717, 1.165) is 0 Å². The Morgan fingerprint density at radius 3 is 2.46 bits per heavy atom. The largest absolute Gasteiger partial charge is 0.311 e. The number of rotatable bonds is 4. The number of non-ortho nitro benzene ring substituents is 1. The molecule has 0 aliphatic heterocycles. The maximum absolute atomic E-state index is 12.5. The number of hydrogen-bond acceptors (Lipinski definition) is 7. The summed E-state index contributed by atoms with van der Waals surface area (Å²) in [6.07, 6.45) is 4.68. The quantitative estimate of drug-likeness (QED) is 0.534. The van der Waals surface area contributed by atoms with Crippen molar-refractivity contribution in [1.29, 1.82) is 0 Å². The topological polar surface area (TPSA) is 102 Å². The number of amides is 1. The van der Waals surface area contributed by atoms with Gasteiger partial charge in [0.1, 0.15) is 4.88 Å². The number of carbonyl (C=O) groups is 1. The molecule has 3 rings (SSSR count). The lowest BCUT2D eigenvalue weighted by Crippen LogP contribution is -2.25. The maximum Gasteiger partial charge on any atom is 0.269 e. The van der Waals surface area contributed by atoms with Crippen molar-refractivity contribution in [2.75, 3.05) is 11.9 Å². The van der Waals surface area contributed by atoms with E-state index in [1.807, 2.05) is 0 Å². The molecule has 0 saturated heterocycles. The summed E-state index contributed by atoms with van der Waals surface area (Å²) in [5.74, 6) is 0.197. The molecule has 1 amide bonds. The van der Waals surface area contributed by atoms with Gasteiger partial charge in [0, 0.05) is 37.3 Å². The summed E-state index contributed by atoms with van der Waals surface area (Å²) in [5.41, 5.74) is 0.525. The first-order chi connectivity index (χ1) is 11.6. The van der Waals surface area contributed by atoms with E-state index in [-0.39, 0.29) is 11.6 Å². The standard InChI is InChI=1S/C15H11N5O3S/c1-19(10-3-5-11(6-4-10)20(22)23)15(21)12-9-18-14(24-12)13-16-7-2-8-17-13/h2-9H,1H3. The van der Waals surface area contributed by atoms with Gasteiger partial charge < -0.3 is 4.90 Å². The van der Waals surface area contributed by atoms with Gasteiger partial charge >= 0.3 is 0 Å². The minimum atomic E-state index is -0.485. The van der Waals surface area contributed by atoms with Crippen molar-refractivity contribution in [3.63, 3.8) is 0 Å². The molecular weight excluding hydrogens is 330 g/mol. The van der Waals surface area contributed by atoms with Crippen molar-refractivity contribution in [2.24, 2.45) is 0 Å². The van der Waals surface area contributed by atoms with E-state index in [4.69, 9.17) is 0 Å². The molecule has 0 aliphatic rings. The van der Waals surface area contributed by atoms with Crippen molar-refractivity contribution in [3.8, 4) is 10.8 Å². The number of thiazole rings is 1. The van der Waals surface area contributed by atoms with Crippen LogP contribution in [-0.2, 0) is 0 Å². The highest BCUT2D eigenvalue weighted by atomic mass is 32.1. The van der Waals surface area contributed by atoms with E-state index in [1.165, 1.54) is 46.7 Å². The lowest BCUT2D eigenvalue weighted by atomic mass is 10.2. The van der Waals surface area contributed by atoms with E-state index < -0.39 is 4.92 Å². The molecule has 0 atom stereocenters. The van der Waals surface area contributed by atoms with Crippen LogP contribution in [0.4, 0.5) is 11.4 Å². The first-order valence-electron chi connectivity index (χ1n) is 6.82. The minimum absolute atomic E-state index is 0.0269. The van der Waals surface area contributed by atoms with Crippen molar-refractivity contribution in [1.82, 2.24) is 15.0 Å². The summed E-state index contributed by atoms with van der Waals surface area (Å²) in [7, 11) is 1.60. The number of nitro benzene ring substituents is 1. The molecule has 0 spiro atoms. The summed E-state index contributed by atoms with van der Waals surface area (Å²) in [4.78, 5) is 36.9. The van der Waals surface area contributed by atoms with Gasteiger partial charge in [-0.15, -0.1) is 11.3 Å². The third-order valence-corrected chi connectivity index (χ3v) is 4.21. The molecule has 0 bridgehead atoms. The van der Waals surface area contributed by atoms with Crippen LogP contribution >= 0.6 is 11.3 Å². The second-order valence-corrected chi connectivity index (χ2v) is 5.77. The molecule has 0 unspecified atom stereocenters. The molecule has 0 fully saturated rings. The molecule has 0 aliphatic carbocycles. The lowest BCUT2D eigenvalue weighted by molar-refractivity contribution is -0.384. The minimum Gasteiger partial charge on any atom is -0.311 e. The van der Waals surface area contributed by atoms with Gasteiger partial charge in [0.05, 0.1) is 11.1 Å². The molecule has 0 N–H and O–H groups in total. The molecule has 3 aromatic rings. The Morgan fingerprint density at radius 1 is 1.17 bits per heavy atom. The van der Waals surface area contributed by atoms with Crippen LogP contribution in [0.25, 0.3) is 10.8 Å². The van der Waals surface area contributed by atoms with E-state index in [1.54, 1.807) is 25.5 Å². The monoisotopic (exact) mass is 341 g/mol. The average molecular weight is 341 g/mol.